The third-order valence-corrected chi connectivity index (χ3v) is 5.49. The number of hydrogen-bond acceptors (Lipinski definition) is 5. The average Bonchev–Trinajstić information content (AvgIpc) is 3.40. The number of fused-ring (bicyclic) bond motifs is 4. The first-order chi connectivity index (χ1) is 13.9. The molecule has 0 amide bonds. The molecule has 28 heavy (non-hydrogen) atoms. The molecular formula is C23H18N2O3. The molecule has 3 aliphatic heterocycles. The van der Waals surface area contributed by atoms with Crippen LogP contribution in [0.1, 0.15) is 35.4 Å². The van der Waals surface area contributed by atoms with Crippen molar-refractivity contribution in [1.29, 1.82) is 0 Å². The summed E-state index contributed by atoms with van der Waals surface area (Å²) in [5, 5.41) is 7.07. The molecule has 0 radical (unpaired) electrons. The van der Waals surface area contributed by atoms with Crippen molar-refractivity contribution in [3.8, 4) is 17.2 Å². The van der Waals surface area contributed by atoms with E-state index in [2.05, 4.69) is 41.4 Å². The normalized spacial score (nSPS) is 21.6. The standard InChI is InChI=1S/C23H18N2O3/c1-2-6-15(7-3-1)18-13-19-17-8-4-5-9-20(17)28-23(25(19)24-18)16-10-11-21-22(12-16)27-14-26-21/h1-12,19,23H,13-14H2. The summed E-state index contributed by atoms with van der Waals surface area (Å²) in [6.07, 6.45) is 0.543. The average molecular weight is 370 g/mol. The van der Waals surface area contributed by atoms with E-state index in [0.29, 0.717) is 0 Å². The Morgan fingerprint density at radius 2 is 1.64 bits per heavy atom. The Labute approximate surface area is 162 Å². The van der Waals surface area contributed by atoms with Crippen molar-refractivity contribution in [2.24, 2.45) is 5.10 Å². The van der Waals surface area contributed by atoms with Crippen LogP contribution >= 0.6 is 0 Å². The highest BCUT2D eigenvalue weighted by Gasteiger charge is 2.41. The molecule has 2 unspecified atom stereocenters. The molecular weight excluding hydrogens is 352 g/mol. The molecule has 0 bridgehead atoms. The summed E-state index contributed by atoms with van der Waals surface area (Å²) in [5.41, 5.74) is 4.41. The van der Waals surface area contributed by atoms with Gasteiger partial charge < -0.3 is 14.2 Å². The summed E-state index contributed by atoms with van der Waals surface area (Å²) in [4.78, 5) is 0. The Kier molecular flexibility index (Phi) is 3.35. The van der Waals surface area contributed by atoms with Crippen molar-refractivity contribution in [3.63, 3.8) is 0 Å². The zero-order valence-corrected chi connectivity index (χ0v) is 15.1. The molecule has 0 fully saturated rings. The summed E-state index contributed by atoms with van der Waals surface area (Å²) in [6, 6.07) is 24.7. The SMILES string of the molecule is c1ccc(C2=NN3C(C2)c2ccccc2OC3c2ccc3c(c2)OCO3)cc1. The summed E-state index contributed by atoms with van der Waals surface area (Å²) < 4.78 is 17.4. The lowest BCUT2D eigenvalue weighted by molar-refractivity contribution is -0.0191. The van der Waals surface area contributed by atoms with Gasteiger partial charge in [0.15, 0.2) is 11.5 Å². The van der Waals surface area contributed by atoms with Gasteiger partial charge in [0.2, 0.25) is 13.0 Å². The van der Waals surface area contributed by atoms with Gasteiger partial charge in [0.05, 0.1) is 11.8 Å². The molecule has 3 aromatic carbocycles. The molecule has 5 nitrogen and oxygen atoms in total. The van der Waals surface area contributed by atoms with Crippen LogP contribution in [0.25, 0.3) is 0 Å². The third kappa shape index (κ3) is 2.36. The number of ether oxygens (including phenoxy) is 3. The second-order valence-corrected chi connectivity index (χ2v) is 7.13. The second kappa shape index (κ2) is 6.02. The molecule has 138 valence electrons. The van der Waals surface area contributed by atoms with Crippen molar-refractivity contribution in [2.45, 2.75) is 18.7 Å². The molecule has 0 saturated carbocycles. The van der Waals surface area contributed by atoms with Gasteiger partial charge >= 0.3 is 0 Å². The molecule has 0 aromatic heterocycles. The van der Waals surface area contributed by atoms with Crippen molar-refractivity contribution in [1.82, 2.24) is 5.01 Å². The molecule has 0 aliphatic carbocycles. The van der Waals surface area contributed by atoms with Gasteiger partial charge in [-0.1, -0.05) is 48.5 Å². The molecule has 2 atom stereocenters. The minimum atomic E-state index is -0.310. The molecule has 3 heterocycles. The highest BCUT2D eigenvalue weighted by atomic mass is 16.7. The Hall–Kier alpha value is -3.47. The highest BCUT2D eigenvalue weighted by Crippen LogP contribution is 2.48. The largest absolute Gasteiger partial charge is 0.464 e. The molecule has 3 aromatic rings. The Bertz CT molecular complexity index is 1080. The molecule has 3 aliphatic rings. The fraction of sp³-hybridized carbons (Fsp3) is 0.174. The highest BCUT2D eigenvalue weighted by molar-refractivity contribution is 6.01. The first kappa shape index (κ1) is 15.6. The summed E-state index contributed by atoms with van der Waals surface area (Å²) in [5.74, 6) is 2.44. The van der Waals surface area contributed by atoms with Crippen molar-refractivity contribution < 1.29 is 14.2 Å². The molecule has 6 rings (SSSR count). The number of hydrogen-bond donors (Lipinski definition) is 0. The maximum atomic E-state index is 6.40. The minimum absolute atomic E-state index is 0.149. The second-order valence-electron chi connectivity index (χ2n) is 7.13. The fourth-order valence-electron chi connectivity index (χ4n) is 4.13. The first-order valence-electron chi connectivity index (χ1n) is 9.43. The summed E-state index contributed by atoms with van der Waals surface area (Å²) in [6.45, 7) is 0.260. The molecule has 5 heteroatoms. The summed E-state index contributed by atoms with van der Waals surface area (Å²) >= 11 is 0. The van der Waals surface area contributed by atoms with E-state index < -0.39 is 0 Å². The number of benzene rings is 3. The van der Waals surface area contributed by atoms with E-state index in [-0.39, 0.29) is 19.1 Å². The van der Waals surface area contributed by atoms with Gasteiger partial charge in [0.1, 0.15) is 5.75 Å². The van der Waals surface area contributed by atoms with Crippen LogP contribution in [0.5, 0.6) is 17.2 Å². The van der Waals surface area contributed by atoms with Crippen LogP contribution in [0.15, 0.2) is 77.9 Å². The smallest absolute Gasteiger partial charge is 0.231 e. The van der Waals surface area contributed by atoms with Gasteiger partial charge in [-0.15, -0.1) is 0 Å². The van der Waals surface area contributed by atoms with E-state index in [0.717, 1.165) is 40.5 Å². The van der Waals surface area contributed by atoms with Crippen LogP contribution < -0.4 is 14.2 Å². The van der Waals surface area contributed by atoms with Crippen molar-refractivity contribution in [2.75, 3.05) is 6.79 Å². The zero-order valence-electron chi connectivity index (χ0n) is 15.1. The van der Waals surface area contributed by atoms with Gasteiger partial charge in [-0.05, 0) is 29.8 Å². The molecule has 0 spiro atoms. The predicted octanol–water partition coefficient (Wildman–Crippen LogP) is 4.66. The van der Waals surface area contributed by atoms with Gasteiger partial charge in [-0.3, -0.25) is 0 Å². The fourth-order valence-corrected chi connectivity index (χ4v) is 4.13. The Morgan fingerprint density at radius 1 is 0.821 bits per heavy atom. The van der Waals surface area contributed by atoms with Gasteiger partial charge in [-0.25, -0.2) is 5.01 Å². The quantitative estimate of drug-likeness (QED) is 0.658. The van der Waals surface area contributed by atoms with Crippen LogP contribution in [0.4, 0.5) is 0 Å². The summed E-state index contributed by atoms with van der Waals surface area (Å²) in [7, 11) is 0. The Balaban J connectivity index is 1.45. The predicted molar refractivity (Wildman–Crippen MR) is 105 cm³/mol. The van der Waals surface area contributed by atoms with Crippen LogP contribution in [0, 0.1) is 0 Å². The lowest BCUT2D eigenvalue weighted by Gasteiger charge is -2.38. The zero-order chi connectivity index (χ0) is 18.5. The number of nitrogens with zero attached hydrogens (tertiary/aromatic N) is 2. The van der Waals surface area contributed by atoms with Crippen LogP contribution in [0.2, 0.25) is 0 Å². The monoisotopic (exact) mass is 370 g/mol. The van der Waals surface area contributed by atoms with Crippen LogP contribution in [-0.2, 0) is 0 Å². The van der Waals surface area contributed by atoms with Gasteiger partial charge in [-0.2, -0.15) is 5.10 Å². The Morgan fingerprint density at radius 3 is 2.57 bits per heavy atom. The van der Waals surface area contributed by atoms with E-state index in [1.165, 1.54) is 5.56 Å². The van der Waals surface area contributed by atoms with Gasteiger partial charge in [0.25, 0.3) is 0 Å². The van der Waals surface area contributed by atoms with E-state index in [1.54, 1.807) is 0 Å². The topological polar surface area (TPSA) is 43.3 Å². The molecule has 0 N–H and O–H groups in total. The van der Waals surface area contributed by atoms with Crippen molar-refractivity contribution in [3.05, 3.63) is 89.5 Å². The van der Waals surface area contributed by atoms with Crippen LogP contribution in [-0.4, -0.2) is 17.5 Å². The van der Waals surface area contributed by atoms with Crippen molar-refractivity contribution >= 4 is 5.71 Å². The van der Waals surface area contributed by atoms with E-state index >= 15 is 0 Å². The number of para-hydroxylation sites is 1. The van der Waals surface area contributed by atoms with E-state index in [4.69, 9.17) is 19.3 Å². The van der Waals surface area contributed by atoms with E-state index in [9.17, 15) is 0 Å². The maximum Gasteiger partial charge on any atom is 0.231 e. The maximum absolute atomic E-state index is 6.40. The molecule has 0 saturated heterocycles. The lowest BCUT2D eigenvalue weighted by Crippen LogP contribution is -2.33. The third-order valence-electron chi connectivity index (χ3n) is 5.49. The van der Waals surface area contributed by atoms with Crippen LogP contribution in [0.3, 0.4) is 0 Å². The minimum Gasteiger partial charge on any atom is -0.464 e. The van der Waals surface area contributed by atoms with E-state index in [1.807, 2.05) is 36.4 Å². The van der Waals surface area contributed by atoms with Gasteiger partial charge in [0, 0.05) is 17.5 Å². The number of rotatable bonds is 2. The number of hydrazone groups is 1. The first-order valence-corrected chi connectivity index (χ1v) is 9.43. The lowest BCUT2D eigenvalue weighted by atomic mass is 9.96.